The van der Waals surface area contributed by atoms with Crippen LogP contribution < -0.4 is 5.32 Å². The minimum atomic E-state index is 0.253. The predicted molar refractivity (Wildman–Crippen MR) is 64.7 cm³/mol. The maximum absolute atomic E-state index is 5.10. The summed E-state index contributed by atoms with van der Waals surface area (Å²) in [4.78, 5) is 4.53. The van der Waals surface area contributed by atoms with E-state index in [1.54, 1.807) is 7.11 Å². The number of hydrogen-bond acceptors (Lipinski definition) is 3. The van der Waals surface area contributed by atoms with E-state index in [1.165, 1.54) is 19.3 Å². The van der Waals surface area contributed by atoms with Crippen LogP contribution in [0.25, 0.3) is 0 Å². The van der Waals surface area contributed by atoms with Crippen LogP contribution in [-0.2, 0) is 11.3 Å². The number of anilines is 1. The van der Waals surface area contributed by atoms with Crippen molar-refractivity contribution < 1.29 is 4.74 Å². The SMILES string of the molecule is COCCn1cc(C)nc1NC1(C)CCC1. The van der Waals surface area contributed by atoms with Gasteiger partial charge in [0.1, 0.15) is 0 Å². The van der Waals surface area contributed by atoms with Crippen molar-refractivity contribution in [3.8, 4) is 0 Å². The number of aromatic nitrogens is 2. The molecule has 16 heavy (non-hydrogen) atoms. The van der Waals surface area contributed by atoms with E-state index in [1.807, 2.05) is 6.92 Å². The molecule has 0 aromatic carbocycles. The number of aryl methyl sites for hydroxylation is 1. The van der Waals surface area contributed by atoms with E-state index in [2.05, 4.69) is 28.0 Å². The fraction of sp³-hybridized carbons (Fsp3) is 0.750. The van der Waals surface area contributed by atoms with E-state index in [0.717, 1.165) is 24.8 Å². The van der Waals surface area contributed by atoms with Gasteiger partial charge in [-0.1, -0.05) is 0 Å². The van der Waals surface area contributed by atoms with Gasteiger partial charge in [0, 0.05) is 25.4 Å². The Bertz CT molecular complexity index is 355. The highest BCUT2D eigenvalue weighted by Crippen LogP contribution is 2.34. The van der Waals surface area contributed by atoms with Crippen molar-refractivity contribution in [2.24, 2.45) is 0 Å². The van der Waals surface area contributed by atoms with Crippen molar-refractivity contribution >= 4 is 5.95 Å². The van der Waals surface area contributed by atoms with E-state index in [-0.39, 0.29) is 5.54 Å². The highest BCUT2D eigenvalue weighted by Gasteiger charge is 2.32. The molecule has 1 aliphatic rings. The van der Waals surface area contributed by atoms with Gasteiger partial charge in [0.15, 0.2) is 0 Å². The molecule has 0 radical (unpaired) electrons. The Morgan fingerprint density at radius 3 is 2.88 bits per heavy atom. The van der Waals surface area contributed by atoms with Crippen LogP contribution >= 0.6 is 0 Å². The van der Waals surface area contributed by atoms with Crippen molar-refractivity contribution in [1.29, 1.82) is 0 Å². The van der Waals surface area contributed by atoms with Crippen LogP contribution in [0.4, 0.5) is 5.95 Å². The van der Waals surface area contributed by atoms with E-state index < -0.39 is 0 Å². The molecule has 0 spiro atoms. The van der Waals surface area contributed by atoms with E-state index in [4.69, 9.17) is 4.74 Å². The zero-order valence-electron chi connectivity index (χ0n) is 10.4. The molecular weight excluding hydrogens is 202 g/mol. The fourth-order valence-corrected chi connectivity index (χ4v) is 2.11. The zero-order chi connectivity index (χ0) is 11.6. The highest BCUT2D eigenvalue weighted by atomic mass is 16.5. The molecule has 1 aromatic heterocycles. The van der Waals surface area contributed by atoms with Crippen LogP contribution in [0, 0.1) is 6.92 Å². The number of rotatable bonds is 5. The van der Waals surface area contributed by atoms with Crippen LogP contribution in [0.3, 0.4) is 0 Å². The molecular formula is C12H21N3O. The first-order valence-corrected chi connectivity index (χ1v) is 5.94. The van der Waals surface area contributed by atoms with Gasteiger partial charge in [-0.2, -0.15) is 0 Å². The number of nitrogens with zero attached hydrogens (tertiary/aromatic N) is 2. The van der Waals surface area contributed by atoms with Crippen LogP contribution in [-0.4, -0.2) is 28.8 Å². The minimum absolute atomic E-state index is 0.253. The maximum atomic E-state index is 5.10. The first kappa shape index (κ1) is 11.5. The summed E-state index contributed by atoms with van der Waals surface area (Å²) in [5, 5.41) is 3.55. The smallest absolute Gasteiger partial charge is 0.203 e. The maximum Gasteiger partial charge on any atom is 0.203 e. The van der Waals surface area contributed by atoms with Gasteiger partial charge in [-0.05, 0) is 33.1 Å². The van der Waals surface area contributed by atoms with E-state index in [9.17, 15) is 0 Å². The van der Waals surface area contributed by atoms with E-state index >= 15 is 0 Å². The Balaban J connectivity index is 2.06. The van der Waals surface area contributed by atoms with E-state index in [0.29, 0.717) is 0 Å². The molecule has 2 rings (SSSR count). The Morgan fingerprint density at radius 1 is 1.56 bits per heavy atom. The van der Waals surface area contributed by atoms with Gasteiger partial charge in [0.25, 0.3) is 0 Å². The number of hydrogen-bond donors (Lipinski definition) is 1. The number of ether oxygens (including phenoxy) is 1. The Labute approximate surface area is 97.0 Å². The second-order valence-electron chi connectivity index (χ2n) is 4.93. The molecule has 4 heteroatoms. The molecule has 1 heterocycles. The molecule has 0 unspecified atom stereocenters. The summed E-state index contributed by atoms with van der Waals surface area (Å²) >= 11 is 0. The topological polar surface area (TPSA) is 39.1 Å². The fourth-order valence-electron chi connectivity index (χ4n) is 2.11. The quantitative estimate of drug-likeness (QED) is 0.831. The van der Waals surface area contributed by atoms with Gasteiger partial charge in [0.2, 0.25) is 5.95 Å². The van der Waals surface area contributed by atoms with Gasteiger partial charge in [-0.15, -0.1) is 0 Å². The summed E-state index contributed by atoms with van der Waals surface area (Å²) < 4.78 is 7.25. The molecule has 0 atom stereocenters. The third-order valence-corrected chi connectivity index (χ3v) is 3.30. The number of imidazole rings is 1. The molecule has 1 saturated carbocycles. The van der Waals surface area contributed by atoms with Gasteiger partial charge in [0.05, 0.1) is 12.3 Å². The van der Waals surface area contributed by atoms with Crippen molar-refractivity contribution in [3.63, 3.8) is 0 Å². The molecule has 0 saturated heterocycles. The molecule has 0 amide bonds. The minimum Gasteiger partial charge on any atom is -0.383 e. The molecule has 1 N–H and O–H groups in total. The third-order valence-electron chi connectivity index (χ3n) is 3.30. The number of nitrogens with one attached hydrogen (secondary N) is 1. The molecule has 90 valence electrons. The van der Waals surface area contributed by atoms with Gasteiger partial charge in [-0.3, -0.25) is 0 Å². The average Bonchev–Trinajstić information content (AvgIpc) is 2.53. The monoisotopic (exact) mass is 223 g/mol. The molecule has 0 bridgehead atoms. The second-order valence-corrected chi connectivity index (χ2v) is 4.93. The lowest BCUT2D eigenvalue weighted by Crippen LogP contribution is -2.42. The van der Waals surface area contributed by atoms with Gasteiger partial charge >= 0.3 is 0 Å². The summed E-state index contributed by atoms with van der Waals surface area (Å²) in [6.07, 6.45) is 5.87. The molecule has 1 fully saturated rings. The van der Waals surface area contributed by atoms with Gasteiger partial charge < -0.3 is 14.6 Å². The normalized spacial score (nSPS) is 18.2. The summed E-state index contributed by atoms with van der Waals surface area (Å²) in [5.41, 5.74) is 1.31. The Morgan fingerprint density at radius 2 is 2.31 bits per heavy atom. The van der Waals surface area contributed by atoms with Crippen molar-refractivity contribution in [1.82, 2.24) is 9.55 Å². The first-order chi connectivity index (χ1) is 7.63. The van der Waals surface area contributed by atoms with Crippen LogP contribution in [0.5, 0.6) is 0 Å². The molecule has 0 aliphatic heterocycles. The molecule has 1 aromatic rings. The van der Waals surface area contributed by atoms with Crippen molar-refractivity contribution in [3.05, 3.63) is 11.9 Å². The Hall–Kier alpha value is -1.03. The average molecular weight is 223 g/mol. The first-order valence-electron chi connectivity index (χ1n) is 5.94. The number of methoxy groups -OCH3 is 1. The van der Waals surface area contributed by atoms with Crippen molar-refractivity contribution in [2.75, 3.05) is 19.0 Å². The molecule has 4 nitrogen and oxygen atoms in total. The summed E-state index contributed by atoms with van der Waals surface area (Å²) in [6, 6.07) is 0. The summed E-state index contributed by atoms with van der Waals surface area (Å²) in [5.74, 6) is 0.983. The standard InChI is InChI=1S/C12H21N3O/c1-10-9-15(7-8-16-3)11(13-10)14-12(2)5-4-6-12/h9H,4-8H2,1-3H3,(H,13,14). The van der Waals surface area contributed by atoms with Crippen LogP contribution in [0.15, 0.2) is 6.20 Å². The van der Waals surface area contributed by atoms with Crippen LogP contribution in [0.1, 0.15) is 31.9 Å². The molecule has 1 aliphatic carbocycles. The highest BCUT2D eigenvalue weighted by molar-refractivity contribution is 5.33. The van der Waals surface area contributed by atoms with Crippen LogP contribution in [0.2, 0.25) is 0 Å². The zero-order valence-corrected chi connectivity index (χ0v) is 10.4. The lowest BCUT2D eigenvalue weighted by Gasteiger charge is -2.39. The predicted octanol–water partition coefficient (Wildman–Crippen LogP) is 2.19. The largest absolute Gasteiger partial charge is 0.383 e. The summed E-state index contributed by atoms with van der Waals surface area (Å²) in [7, 11) is 1.73. The van der Waals surface area contributed by atoms with Crippen molar-refractivity contribution in [2.45, 2.75) is 45.2 Å². The lowest BCUT2D eigenvalue weighted by molar-refractivity contribution is 0.187. The third kappa shape index (κ3) is 2.38. The summed E-state index contributed by atoms with van der Waals surface area (Å²) in [6.45, 7) is 5.87. The Kier molecular flexibility index (Phi) is 3.19. The lowest BCUT2D eigenvalue weighted by atomic mass is 9.79. The second kappa shape index (κ2) is 4.45. The van der Waals surface area contributed by atoms with Gasteiger partial charge in [-0.25, -0.2) is 4.98 Å².